The number of aromatic nitrogens is 3. The Morgan fingerprint density at radius 2 is 1.83 bits per heavy atom. The smallest absolute Gasteiger partial charge is 0.347 e. The van der Waals surface area contributed by atoms with Crippen LogP contribution < -0.4 is 16.1 Å². The number of ketones is 2. The minimum atomic E-state index is -1.08. The Hall–Kier alpha value is -3.88. The lowest BCUT2D eigenvalue weighted by Crippen LogP contribution is -2.57. The van der Waals surface area contributed by atoms with E-state index in [0.717, 1.165) is 21.3 Å². The SMILES string of the molecule is CC1=C(C)C(=O)[C@@]2(C)[C@@H](C3=COc4ccc(O)cc4C3)C3=CCn4c(=O)n(C)c(=O)n4[C@@H]3C[C@H]2C1=O. The molecule has 2 aliphatic heterocycles. The summed E-state index contributed by atoms with van der Waals surface area (Å²) in [7, 11) is 1.44. The molecule has 0 saturated heterocycles. The van der Waals surface area contributed by atoms with Gasteiger partial charge in [-0.1, -0.05) is 13.0 Å². The van der Waals surface area contributed by atoms with E-state index in [1.165, 1.54) is 16.4 Å². The van der Waals surface area contributed by atoms with Crippen LogP contribution in [0, 0.1) is 17.3 Å². The van der Waals surface area contributed by atoms with Crippen LogP contribution in [0.3, 0.4) is 0 Å². The van der Waals surface area contributed by atoms with E-state index in [1.54, 1.807) is 38.3 Å². The first-order chi connectivity index (χ1) is 17.1. The van der Waals surface area contributed by atoms with Gasteiger partial charge in [-0.15, -0.1) is 0 Å². The third-order valence-corrected chi connectivity index (χ3v) is 8.77. The Balaban J connectivity index is 1.58. The lowest BCUT2D eigenvalue weighted by Gasteiger charge is -2.53. The third kappa shape index (κ3) is 2.71. The standard InChI is InChI=1S/C27H27N3O6/c1-13-14(2)24(33)27(3)19(23(13)32)11-20-18(7-8-29-25(34)28(4)26(35)30(20)29)22(27)16-9-15-10-17(31)5-6-21(15)36-12-16/h5-7,10,12,19-20,22,31H,8-9,11H2,1-4H3/t19-,20+,22-,27+/m0/s1. The molecule has 1 fully saturated rings. The fourth-order valence-electron chi connectivity index (χ4n) is 6.78. The minimum Gasteiger partial charge on any atom is -0.508 e. The molecule has 9 nitrogen and oxygen atoms in total. The van der Waals surface area contributed by atoms with Crippen LogP contribution in [0.5, 0.6) is 11.5 Å². The summed E-state index contributed by atoms with van der Waals surface area (Å²) < 4.78 is 9.87. The Bertz CT molecular complexity index is 1600. The molecule has 2 aliphatic carbocycles. The molecule has 2 aromatic rings. The summed E-state index contributed by atoms with van der Waals surface area (Å²) in [6.45, 7) is 5.43. The second-order valence-electron chi connectivity index (χ2n) is 10.5. The number of rotatable bonds is 1. The first kappa shape index (κ1) is 22.6. The highest BCUT2D eigenvalue weighted by atomic mass is 16.5. The molecule has 0 unspecified atom stereocenters. The number of hydrogen-bond donors (Lipinski definition) is 1. The molecule has 4 aliphatic rings. The van der Waals surface area contributed by atoms with Crippen molar-refractivity contribution >= 4 is 11.6 Å². The third-order valence-electron chi connectivity index (χ3n) is 8.77. The number of carbonyl (C=O) groups excluding carboxylic acids is 2. The Morgan fingerprint density at radius 3 is 2.58 bits per heavy atom. The van der Waals surface area contributed by atoms with Crippen molar-refractivity contribution in [2.24, 2.45) is 24.3 Å². The van der Waals surface area contributed by atoms with Gasteiger partial charge >= 0.3 is 11.4 Å². The van der Waals surface area contributed by atoms with Crippen molar-refractivity contribution < 1.29 is 19.4 Å². The second-order valence-corrected chi connectivity index (χ2v) is 10.5. The molecule has 9 heteroatoms. The summed E-state index contributed by atoms with van der Waals surface area (Å²) >= 11 is 0. The molecular weight excluding hydrogens is 462 g/mol. The molecule has 186 valence electrons. The molecule has 0 radical (unpaired) electrons. The van der Waals surface area contributed by atoms with Gasteiger partial charge in [-0.25, -0.2) is 23.5 Å². The van der Waals surface area contributed by atoms with E-state index in [-0.39, 0.29) is 30.3 Å². The number of fused-ring (bicyclic) bond motifs is 5. The van der Waals surface area contributed by atoms with Crippen LogP contribution >= 0.6 is 0 Å². The number of Topliss-reactive ketones (excluding diaryl/α,β-unsaturated/α-hetero) is 2. The normalized spacial score (nSPS) is 28.9. The van der Waals surface area contributed by atoms with Crippen LogP contribution in [0.1, 0.15) is 38.8 Å². The number of nitrogens with zero attached hydrogens (tertiary/aromatic N) is 3. The summed E-state index contributed by atoms with van der Waals surface area (Å²) in [5, 5.41) is 10.1. The Kier molecular flexibility index (Phi) is 4.59. The molecule has 0 amide bonds. The van der Waals surface area contributed by atoms with Crippen LogP contribution in [0.2, 0.25) is 0 Å². The highest BCUT2D eigenvalue weighted by Gasteiger charge is 2.61. The van der Waals surface area contributed by atoms with Crippen LogP contribution in [-0.2, 0) is 29.6 Å². The van der Waals surface area contributed by atoms with Gasteiger partial charge in [-0.2, -0.15) is 0 Å². The molecular formula is C27H27N3O6. The van der Waals surface area contributed by atoms with Crippen LogP contribution in [0.15, 0.2) is 62.4 Å². The van der Waals surface area contributed by atoms with Crippen molar-refractivity contribution in [1.82, 2.24) is 13.9 Å². The number of allylic oxidation sites excluding steroid dienone is 5. The molecule has 4 atom stereocenters. The van der Waals surface area contributed by atoms with Crippen LogP contribution in [0.4, 0.5) is 0 Å². The topological polar surface area (TPSA) is 113 Å². The zero-order valence-electron chi connectivity index (χ0n) is 20.6. The Morgan fingerprint density at radius 1 is 1.08 bits per heavy atom. The molecule has 1 saturated carbocycles. The average Bonchev–Trinajstić information content (AvgIpc) is 3.09. The lowest BCUT2D eigenvalue weighted by molar-refractivity contribution is -0.142. The van der Waals surface area contributed by atoms with Gasteiger partial charge < -0.3 is 9.84 Å². The molecule has 36 heavy (non-hydrogen) atoms. The largest absolute Gasteiger partial charge is 0.508 e. The van der Waals surface area contributed by atoms with E-state index in [9.17, 15) is 24.3 Å². The molecule has 3 heterocycles. The van der Waals surface area contributed by atoms with Crippen molar-refractivity contribution in [2.75, 3.05) is 0 Å². The van der Waals surface area contributed by atoms with Crippen molar-refractivity contribution in [3.05, 3.63) is 79.4 Å². The van der Waals surface area contributed by atoms with Gasteiger partial charge in [-0.05, 0) is 60.8 Å². The number of benzene rings is 1. The zero-order chi connectivity index (χ0) is 25.7. The van der Waals surface area contributed by atoms with E-state index < -0.39 is 34.7 Å². The van der Waals surface area contributed by atoms with Gasteiger partial charge in [0, 0.05) is 30.9 Å². The number of ether oxygens (including phenoxy) is 1. The second kappa shape index (κ2) is 7.32. The van der Waals surface area contributed by atoms with E-state index in [1.807, 2.05) is 13.0 Å². The summed E-state index contributed by atoms with van der Waals surface area (Å²) in [5.74, 6) is -0.640. The molecule has 0 spiro atoms. The van der Waals surface area contributed by atoms with Crippen LogP contribution in [0.25, 0.3) is 0 Å². The molecule has 1 aromatic heterocycles. The van der Waals surface area contributed by atoms with E-state index in [0.29, 0.717) is 23.3 Å². The summed E-state index contributed by atoms with van der Waals surface area (Å²) in [6, 6.07) is 4.34. The molecule has 1 aromatic carbocycles. The maximum atomic E-state index is 14.0. The first-order valence-electron chi connectivity index (χ1n) is 12.1. The van der Waals surface area contributed by atoms with E-state index in [4.69, 9.17) is 4.74 Å². The van der Waals surface area contributed by atoms with E-state index in [2.05, 4.69) is 0 Å². The molecule has 1 N–H and O–H groups in total. The number of carbonyl (C=O) groups is 2. The van der Waals surface area contributed by atoms with Gasteiger partial charge in [0.15, 0.2) is 11.6 Å². The van der Waals surface area contributed by atoms with Crippen molar-refractivity contribution in [1.29, 1.82) is 0 Å². The number of hydrogen-bond acceptors (Lipinski definition) is 6. The average molecular weight is 490 g/mol. The number of phenols is 1. The van der Waals surface area contributed by atoms with Gasteiger partial charge in [0.1, 0.15) is 11.5 Å². The fraction of sp³-hybridized carbons (Fsp3) is 0.407. The van der Waals surface area contributed by atoms with Crippen molar-refractivity contribution in [3.8, 4) is 11.5 Å². The monoisotopic (exact) mass is 489 g/mol. The summed E-state index contributed by atoms with van der Waals surface area (Å²) in [4.78, 5) is 53.5. The fourth-order valence-corrected chi connectivity index (χ4v) is 6.78. The lowest BCUT2D eigenvalue weighted by atomic mass is 9.49. The highest BCUT2D eigenvalue weighted by Crippen LogP contribution is 2.59. The summed E-state index contributed by atoms with van der Waals surface area (Å²) in [6.07, 6.45) is 4.24. The predicted octanol–water partition coefficient (Wildman–Crippen LogP) is 2.18. The molecule has 0 bridgehead atoms. The van der Waals surface area contributed by atoms with Crippen molar-refractivity contribution in [2.45, 2.75) is 46.2 Å². The van der Waals surface area contributed by atoms with Crippen LogP contribution in [-0.4, -0.2) is 30.6 Å². The zero-order valence-corrected chi connectivity index (χ0v) is 20.6. The van der Waals surface area contributed by atoms with E-state index >= 15 is 0 Å². The maximum absolute atomic E-state index is 14.0. The van der Waals surface area contributed by atoms with Gasteiger partial charge in [0.2, 0.25) is 0 Å². The quantitative estimate of drug-likeness (QED) is 0.615. The Labute approximate surface area is 206 Å². The number of aromatic hydroxyl groups is 1. The summed E-state index contributed by atoms with van der Waals surface area (Å²) in [5.41, 5.74) is 1.39. The van der Waals surface area contributed by atoms with Gasteiger partial charge in [0.05, 0.1) is 24.3 Å². The first-order valence-corrected chi connectivity index (χ1v) is 12.1. The maximum Gasteiger partial charge on any atom is 0.347 e. The predicted molar refractivity (Wildman–Crippen MR) is 130 cm³/mol. The molecule has 6 rings (SSSR count). The highest BCUT2D eigenvalue weighted by molar-refractivity contribution is 6.15. The van der Waals surface area contributed by atoms with Gasteiger partial charge in [0.25, 0.3) is 0 Å². The van der Waals surface area contributed by atoms with Gasteiger partial charge in [-0.3, -0.25) is 9.59 Å². The number of phenolic OH excluding ortho intramolecular Hbond substituents is 1. The minimum absolute atomic E-state index is 0.0834. The van der Waals surface area contributed by atoms with Crippen molar-refractivity contribution in [3.63, 3.8) is 0 Å².